The fourth-order valence-corrected chi connectivity index (χ4v) is 1.54. The third kappa shape index (κ3) is 10.8. The summed E-state index contributed by atoms with van der Waals surface area (Å²) in [5.74, 6) is -1.36. The summed E-state index contributed by atoms with van der Waals surface area (Å²) in [6.07, 6.45) is -0.720. The molecule has 9 nitrogen and oxygen atoms in total. The first-order chi connectivity index (χ1) is 11.1. The molecule has 0 rings (SSSR count). The van der Waals surface area contributed by atoms with Crippen molar-refractivity contribution in [3.8, 4) is 0 Å². The van der Waals surface area contributed by atoms with Gasteiger partial charge in [-0.05, 0) is 26.7 Å². The Bertz CT molecular complexity index is 419. The van der Waals surface area contributed by atoms with Gasteiger partial charge in [0.25, 0.3) is 0 Å². The number of aliphatic hydroxyl groups is 1. The molecule has 0 radical (unpaired) electrons. The molecule has 0 aliphatic carbocycles. The summed E-state index contributed by atoms with van der Waals surface area (Å²) in [6.45, 7) is 7.86. The van der Waals surface area contributed by atoms with Gasteiger partial charge >= 0.3 is 12.1 Å². The van der Waals surface area contributed by atoms with E-state index in [1.165, 1.54) is 0 Å². The fraction of sp³-hybridized carbons (Fsp3) is 0.800. The Balaban J connectivity index is 4.33. The zero-order valence-electron chi connectivity index (χ0n) is 14.9. The molecule has 0 saturated carbocycles. The number of amides is 2. The summed E-state index contributed by atoms with van der Waals surface area (Å²) in [5, 5.41) is 13.3. The van der Waals surface area contributed by atoms with Crippen LogP contribution in [0.2, 0.25) is 0 Å². The average Bonchev–Trinajstić information content (AvgIpc) is 2.44. The van der Waals surface area contributed by atoms with Crippen LogP contribution in [0.5, 0.6) is 0 Å². The molecule has 0 fully saturated rings. The summed E-state index contributed by atoms with van der Waals surface area (Å²) in [7, 11) is 0. The number of aliphatic hydroxyl groups excluding tert-OH is 1. The molecule has 3 N–H and O–H groups in total. The van der Waals surface area contributed by atoms with Gasteiger partial charge in [-0.15, -0.1) is 0 Å². The van der Waals surface area contributed by atoms with Crippen LogP contribution >= 0.6 is 0 Å². The van der Waals surface area contributed by atoms with E-state index >= 15 is 0 Å². The minimum atomic E-state index is -0.855. The molecule has 0 bridgehead atoms. The van der Waals surface area contributed by atoms with Crippen LogP contribution in [-0.4, -0.2) is 61.3 Å². The standard InChI is InChI=1S/C15H28N2O7/c1-10(2)12(13(20)23-7-6-22-9-18)17-11(19)8-16-14(21)24-15(3,4)5/h10,12,18H,6-9H2,1-5H3,(H,16,21)(H,17,19)/t12-/m0/s1. The van der Waals surface area contributed by atoms with Gasteiger partial charge in [-0.1, -0.05) is 13.8 Å². The predicted molar refractivity (Wildman–Crippen MR) is 85.0 cm³/mol. The molecule has 0 aliphatic heterocycles. The molecular formula is C15H28N2O7. The van der Waals surface area contributed by atoms with Crippen molar-refractivity contribution in [3.63, 3.8) is 0 Å². The maximum atomic E-state index is 11.9. The van der Waals surface area contributed by atoms with Crippen LogP contribution in [0.15, 0.2) is 0 Å². The maximum absolute atomic E-state index is 11.9. The van der Waals surface area contributed by atoms with Gasteiger partial charge in [0, 0.05) is 0 Å². The Morgan fingerprint density at radius 2 is 1.75 bits per heavy atom. The van der Waals surface area contributed by atoms with E-state index in [0.29, 0.717) is 0 Å². The van der Waals surface area contributed by atoms with Gasteiger partial charge in [-0.25, -0.2) is 9.59 Å². The van der Waals surface area contributed by atoms with Gasteiger partial charge in [-0.2, -0.15) is 0 Å². The second-order valence-corrected chi connectivity index (χ2v) is 6.35. The van der Waals surface area contributed by atoms with Crippen LogP contribution in [0, 0.1) is 5.92 Å². The van der Waals surface area contributed by atoms with Crippen molar-refractivity contribution in [2.45, 2.75) is 46.3 Å². The summed E-state index contributed by atoms with van der Waals surface area (Å²) >= 11 is 0. The molecule has 0 spiro atoms. The van der Waals surface area contributed by atoms with E-state index in [1.54, 1.807) is 34.6 Å². The second-order valence-electron chi connectivity index (χ2n) is 6.35. The lowest BCUT2D eigenvalue weighted by molar-refractivity contribution is -0.151. The van der Waals surface area contributed by atoms with Crippen molar-refractivity contribution in [3.05, 3.63) is 0 Å². The highest BCUT2D eigenvalue weighted by atomic mass is 16.6. The normalized spacial score (nSPS) is 12.5. The zero-order chi connectivity index (χ0) is 18.8. The van der Waals surface area contributed by atoms with Crippen molar-refractivity contribution < 1.29 is 33.7 Å². The minimum absolute atomic E-state index is 0.0331. The lowest BCUT2D eigenvalue weighted by Gasteiger charge is -2.22. The molecule has 9 heteroatoms. The van der Waals surface area contributed by atoms with Crippen LogP contribution in [0.25, 0.3) is 0 Å². The molecule has 0 unspecified atom stereocenters. The summed E-state index contributed by atoms with van der Waals surface area (Å²) in [4.78, 5) is 35.3. The van der Waals surface area contributed by atoms with E-state index < -0.39 is 36.4 Å². The highest BCUT2D eigenvalue weighted by Gasteiger charge is 2.26. The smallest absolute Gasteiger partial charge is 0.408 e. The number of rotatable bonds is 9. The molecule has 24 heavy (non-hydrogen) atoms. The monoisotopic (exact) mass is 348 g/mol. The number of hydrogen-bond acceptors (Lipinski definition) is 7. The van der Waals surface area contributed by atoms with Gasteiger partial charge in [0.05, 0.1) is 6.61 Å². The third-order valence-electron chi connectivity index (χ3n) is 2.59. The van der Waals surface area contributed by atoms with Crippen molar-refractivity contribution in [1.29, 1.82) is 0 Å². The van der Waals surface area contributed by atoms with E-state index in [9.17, 15) is 14.4 Å². The van der Waals surface area contributed by atoms with Gasteiger partial charge in [-0.3, -0.25) is 4.79 Å². The van der Waals surface area contributed by atoms with Crippen LogP contribution in [0.3, 0.4) is 0 Å². The van der Waals surface area contributed by atoms with E-state index in [-0.39, 0.29) is 25.7 Å². The van der Waals surface area contributed by atoms with Crippen LogP contribution < -0.4 is 10.6 Å². The number of esters is 1. The molecule has 0 aromatic heterocycles. The predicted octanol–water partition coefficient (Wildman–Crippen LogP) is 0.162. The highest BCUT2D eigenvalue weighted by Crippen LogP contribution is 2.06. The molecule has 0 aromatic carbocycles. The third-order valence-corrected chi connectivity index (χ3v) is 2.59. The van der Waals surface area contributed by atoms with Crippen LogP contribution in [0.1, 0.15) is 34.6 Å². The molecule has 0 aromatic rings. The summed E-state index contributed by atoms with van der Waals surface area (Å²) < 4.78 is 14.6. The number of alkyl carbamates (subject to hydrolysis) is 1. The maximum Gasteiger partial charge on any atom is 0.408 e. The lowest BCUT2D eigenvalue weighted by Crippen LogP contribution is -2.49. The number of hydrogen-bond donors (Lipinski definition) is 3. The molecule has 1 atom stereocenters. The van der Waals surface area contributed by atoms with Crippen LogP contribution in [0.4, 0.5) is 4.79 Å². The molecular weight excluding hydrogens is 320 g/mol. The number of carbonyl (C=O) groups is 3. The first-order valence-electron chi connectivity index (χ1n) is 7.68. The molecule has 0 aliphatic rings. The molecule has 0 heterocycles. The minimum Gasteiger partial charge on any atom is -0.462 e. The van der Waals surface area contributed by atoms with Gasteiger partial charge in [0.15, 0.2) is 0 Å². The summed E-state index contributed by atoms with van der Waals surface area (Å²) in [6, 6.07) is -0.855. The van der Waals surface area contributed by atoms with Gasteiger partial charge < -0.3 is 30.0 Å². The number of nitrogens with one attached hydrogen (secondary N) is 2. The highest BCUT2D eigenvalue weighted by molar-refractivity contribution is 5.87. The number of carbonyl (C=O) groups excluding carboxylic acids is 3. The Morgan fingerprint density at radius 3 is 2.25 bits per heavy atom. The number of ether oxygens (including phenoxy) is 3. The first kappa shape index (κ1) is 22.1. The molecule has 2 amide bonds. The van der Waals surface area contributed by atoms with E-state index in [1.807, 2.05) is 0 Å². The van der Waals surface area contributed by atoms with E-state index in [0.717, 1.165) is 0 Å². The SMILES string of the molecule is CC(C)[C@H](NC(=O)CNC(=O)OC(C)(C)C)C(=O)OCCOCO. The Morgan fingerprint density at radius 1 is 1.12 bits per heavy atom. The van der Waals surface area contributed by atoms with Gasteiger partial charge in [0.2, 0.25) is 5.91 Å². The first-order valence-corrected chi connectivity index (χ1v) is 7.68. The second kappa shape index (κ2) is 10.8. The van der Waals surface area contributed by atoms with E-state index in [4.69, 9.17) is 14.6 Å². The zero-order valence-corrected chi connectivity index (χ0v) is 14.9. The van der Waals surface area contributed by atoms with Crippen molar-refractivity contribution in [1.82, 2.24) is 10.6 Å². The van der Waals surface area contributed by atoms with Crippen molar-refractivity contribution >= 4 is 18.0 Å². The Labute approximate surface area is 142 Å². The Hall–Kier alpha value is -1.87. The Kier molecular flexibility index (Phi) is 9.98. The van der Waals surface area contributed by atoms with Crippen molar-refractivity contribution in [2.75, 3.05) is 26.6 Å². The molecule has 140 valence electrons. The quantitative estimate of drug-likeness (QED) is 0.308. The lowest BCUT2D eigenvalue weighted by atomic mass is 10.0. The summed E-state index contributed by atoms with van der Waals surface area (Å²) in [5.41, 5.74) is -0.665. The van der Waals surface area contributed by atoms with Gasteiger partial charge in [0.1, 0.15) is 31.6 Å². The van der Waals surface area contributed by atoms with Crippen molar-refractivity contribution in [2.24, 2.45) is 5.92 Å². The fourth-order valence-electron chi connectivity index (χ4n) is 1.54. The molecule has 0 saturated heterocycles. The van der Waals surface area contributed by atoms with Crippen LogP contribution in [-0.2, 0) is 23.8 Å². The van der Waals surface area contributed by atoms with E-state index in [2.05, 4.69) is 15.4 Å². The largest absolute Gasteiger partial charge is 0.462 e. The average molecular weight is 348 g/mol. The topological polar surface area (TPSA) is 123 Å².